The van der Waals surface area contributed by atoms with E-state index < -0.39 is 5.97 Å². The minimum Gasteiger partial charge on any atom is -0.461 e. The van der Waals surface area contributed by atoms with Crippen molar-refractivity contribution in [1.29, 1.82) is 0 Å². The van der Waals surface area contributed by atoms with E-state index >= 15 is 0 Å². The van der Waals surface area contributed by atoms with E-state index in [0.29, 0.717) is 17.9 Å². The van der Waals surface area contributed by atoms with Crippen LogP contribution in [0.3, 0.4) is 0 Å². The summed E-state index contributed by atoms with van der Waals surface area (Å²) in [6.45, 7) is 4.03. The lowest BCUT2D eigenvalue weighted by Gasteiger charge is -2.01. The highest BCUT2D eigenvalue weighted by Crippen LogP contribution is 2.15. The van der Waals surface area contributed by atoms with Crippen LogP contribution in [0.15, 0.2) is 12.1 Å². The first-order chi connectivity index (χ1) is 7.63. The van der Waals surface area contributed by atoms with Crippen LogP contribution in [0.25, 0.3) is 11.0 Å². The number of nitrogens with zero attached hydrogens (tertiary/aromatic N) is 3. The molecule has 0 atom stereocenters. The Balaban J connectivity index is 2.51. The Kier molecular flexibility index (Phi) is 2.60. The fourth-order valence-electron chi connectivity index (χ4n) is 1.62. The molecule has 16 heavy (non-hydrogen) atoms. The van der Waals surface area contributed by atoms with Gasteiger partial charge in [-0.1, -0.05) is 0 Å². The second kappa shape index (κ2) is 3.92. The van der Waals surface area contributed by atoms with Crippen molar-refractivity contribution in [2.45, 2.75) is 13.8 Å². The third-order valence-corrected chi connectivity index (χ3v) is 2.36. The first-order valence-electron chi connectivity index (χ1n) is 5.11. The molecule has 5 heteroatoms. The Bertz CT molecular complexity index is 545. The third kappa shape index (κ3) is 1.64. The molecule has 0 saturated heterocycles. The van der Waals surface area contributed by atoms with Gasteiger partial charge < -0.3 is 4.74 Å². The molecule has 0 amide bonds. The molecule has 84 valence electrons. The van der Waals surface area contributed by atoms with Crippen molar-refractivity contribution in [3.8, 4) is 0 Å². The molecule has 2 heterocycles. The summed E-state index contributed by atoms with van der Waals surface area (Å²) in [5.74, 6) is -0.400. The molecule has 0 aliphatic heterocycles. The largest absolute Gasteiger partial charge is 0.461 e. The maximum absolute atomic E-state index is 11.5. The minimum absolute atomic E-state index is 0.317. The highest BCUT2D eigenvalue weighted by atomic mass is 16.5. The van der Waals surface area contributed by atoms with Crippen LogP contribution in [-0.2, 0) is 11.8 Å². The molecule has 0 N–H and O–H groups in total. The lowest BCUT2D eigenvalue weighted by Crippen LogP contribution is -2.07. The van der Waals surface area contributed by atoms with Crippen LogP contribution in [0.2, 0.25) is 0 Å². The van der Waals surface area contributed by atoms with Gasteiger partial charge in [0, 0.05) is 12.4 Å². The van der Waals surface area contributed by atoms with Crippen molar-refractivity contribution < 1.29 is 9.53 Å². The molecule has 5 nitrogen and oxygen atoms in total. The van der Waals surface area contributed by atoms with Gasteiger partial charge in [0.2, 0.25) is 0 Å². The van der Waals surface area contributed by atoms with Gasteiger partial charge in [-0.05, 0) is 26.0 Å². The Hall–Kier alpha value is -1.91. The summed E-state index contributed by atoms with van der Waals surface area (Å²) in [5.41, 5.74) is 1.92. The zero-order valence-corrected chi connectivity index (χ0v) is 9.52. The summed E-state index contributed by atoms with van der Waals surface area (Å²) in [4.78, 5) is 15.7. The van der Waals surface area contributed by atoms with E-state index in [0.717, 1.165) is 11.1 Å². The number of rotatable bonds is 2. The quantitative estimate of drug-likeness (QED) is 0.717. The summed E-state index contributed by atoms with van der Waals surface area (Å²) in [5, 5.41) is 5.19. The SMILES string of the molecule is CCOC(=O)c1ccc2c(C)nn(C)c2n1. The molecule has 0 aromatic carbocycles. The smallest absolute Gasteiger partial charge is 0.357 e. The average molecular weight is 219 g/mol. The fourth-order valence-corrected chi connectivity index (χ4v) is 1.62. The topological polar surface area (TPSA) is 57.0 Å². The number of esters is 1. The molecular weight excluding hydrogens is 206 g/mol. The molecule has 0 fully saturated rings. The first kappa shape index (κ1) is 10.6. The standard InChI is InChI=1S/C11H13N3O2/c1-4-16-11(15)9-6-5-8-7(2)13-14(3)10(8)12-9/h5-6H,4H2,1-3H3. The summed E-state index contributed by atoms with van der Waals surface area (Å²) < 4.78 is 6.55. The molecule has 0 bridgehead atoms. The van der Waals surface area contributed by atoms with Crippen molar-refractivity contribution in [1.82, 2.24) is 14.8 Å². The fraction of sp³-hybridized carbons (Fsp3) is 0.364. The number of aromatic nitrogens is 3. The van der Waals surface area contributed by atoms with Crippen LogP contribution in [-0.4, -0.2) is 27.3 Å². The zero-order chi connectivity index (χ0) is 11.7. The number of ether oxygens (including phenoxy) is 1. The highest BCUT2D eigenvalue weighted by molar-refractivity contribution is 5.90. The van der Waals surface area contributed by atoms with Crippen LogP contribution < -0.4 is 0 Å². The lowest BCUT2D eigenvalue weighted by molar-refractivity contribution is 0.0520. The summed E-state index contributed by atoms with van der Waals surface area (Å²) >= 11 is 0. The molecule has 0 spiro atoms. The van der Waals surface area contributed by atoms with Crippen LogP contribution in [0.4, 0.5) is 0 Å². The number of fused-ring (bicyclic) bond motifs is 1. The van der Waals surface area contributed by atoms with Gasteiger partial charge in [0.1, 0.15) is 0 Å². The molecule has 0 radical (unpaired) electrons. The number of hydrogen-bond donors (Lipinski definition) is 0. The van der Waals surface area contributed by atoms with E-state index in [4.69, 9.17) is 4.74 Å². The second-order valence-electron chi connectivity index (χ2n) is 3.50. The van der Waals surface area contributed by atoms with Crippen LogP contribution in [0.1, 0.15) is 23.1 Å². The Morgan fingerprint density at radius 2 is 2.25 bits per heavy atom. The van der Waals surface area contributed by atoms with Gasteiger partial charge in [-0.15, -0.1) is 0 Å². The molecule has 0 aliphatic rings. The number of carbonyl (C=O) groups excluding carboxylic acids is 1. The van der Waals surface area contributed by atoms with Gasteiger partial charge >= 0.3 is 5.97 Å². The van der Waals surface area contributed by atoms with Crippen LogP contribution in [0, 0.1) is 6.92 Å². The maximum Gasteiger partial charge on any atom is 0.357 e. The highest BCUT2D eigenvalue weighted by Gasteiger charge is 2.12. The average Bonchev–Trinajstić information content (AvgIpc) is 2.55. The van der Waals surface area contributed by atoms with Crippen molar-refractivity contribution in [2.75, 3.05) is 6.61 Å². The van der Waals surface area contributed by atoms with Gasteiger partial charge in [0.25, 0.3) is 0 Å². The summed E-state index contributed by atoms with van der Waals surface area (Å²) in [7, 11) is 1.80. The van der Waals surface area contributed by atoms with Crippen molar-refractivity contribution >= 4 is 17.0 Å². The van der Waals surface area contributed by atoms with E-state index in [2.05, 4.69) is 10.1 Å². The monoisotopic (exact) mass is 219 g/mol. The molecule has 2 aromatic rings. The Morgan fingerprint density at radius 3 is 2.94 bits per heavy atom. The molecule has 2 aromatic heterocycles. The van der Waals surface area contributed by atoms with Gasteiger partial charge in [0.05, 0.1) is 12.3 Å². The number of hydrogen-bond acceptors (Lipinski definition) is 4. The van der Waals surface area contributed by atoms with Gasteiger partial charge in [0.15, 0.2) is 11.3 Å². The predicted octanol–water partition coefficient (Wildman–Crippen LogP) is 1.45. The maximum atomic E-state index is 11.5. The van der Waals surface area contributed by atoms with Crippen LogP contribution >= 0.6 is 0 Å². The van der Waals surface area contributed by atoms with Crippen molar-refractivity contribution in [3.63, 3.8) is 0 Å². The Morgan fingerprint density at radius 1 is 1.50 bits per heavy atom. The summed E-state index contributed by atoms with van der Waals surface area (Å²) in [6.07, 6.45) is 0. The first-order valence-corrected chi connectivity index (χ1v) is 5.11. The van der Waals surface area contributed by atoms with E-state index in [1.807, 2.05) is 13.0 Å². The minimum atomic E-state index is -0.400. The van der Waals surface area contributed by atoms with E-state index in [9.17, 15) is 4.79 Å². The Labute approximate surface area is 93.0 Å². The number of aryl methyl sites for hydroxylation is 2. The third-order valence-electron chi connectivity index (χ3n) is 2.36. The lowest BCUT2D eigenvalue weighted by atomic mass is 10.2. The van der Waals surface area contributed by atoms with E-state index in [1.54, 1.807) is 24.7 Å². The molecular formula is C11H13N3O2. The normalized spacial score (nSPS) is 10.7. The van der Waals surface area contributed by atoms with Crippen molar-refractivity contribution in [2.24, 2.45) is 7.05 Å². The van der Waals surface area contributed by atoms with Gasteiger partial charge in [-0.3, -0.25) is 4.68 Å². The van der Waals surface area contributed by atoms with Crippen molar-refractivity contribution in [3.05, 3.63) is 23.5 Å². The summed E-state index contributed by atoms with van der Waals surface area (Å²) in [6, 6.07) is 3.51. The zero-order valence-electron chi connectivity index (χ0n) is 9.52. The molecule has 0 saturated carbocycles. The molecule has 0 unspecified atom stereocenters. The molecule has 0 aliphatic carbocycles. The van der Waals surface area contributed by atoms with E-state index in [1.165, 1.54) is 0 Å². The second-order valence-corrected chi connectivity index (χ2v) is 3.50. The van der Waals surface area contributed by atoms with Gasteiger partial charge in [-0.2, -0.15) is 5.10 Å². The predicted molar refractivity (Wildman–Crippen MR) is 59.2 cm³/mol. The molecule has 2 rings (SSSR count). The van der Waals surface area contributed by atoms with Gasteiger partial charge in [-0.25, -0.2) is 9.78 Å². The number of pyridine rings is 1. The number of carbonyl (C=O) groups is 1. The van der Waals surface area contributed by atoms with Crippen LogP contribution in [0.5, 0.6) is 0 Å². The van der Waals surface area contributed by atoms with E-state index in [-0.39, 0.29) is 0 Å².